The third kappa shape index (κ3) is 5.32. The van der Waals surface area contributed by atoms with Crippen LogP contribution >= 0.6 is 11.5 Å². The standard InChI is InChI=1S/C31H38N4O3SSi/c1-19(2)38-26-12-11-20(15-22(26)18-32)30-33-29(34-39-30)24-10-8-9-23-25(24)16-21-17-27(36)35(28(21)23)13-14-37-40(6,7)31(3,4)5/h8-12,15,19,21,28H,13-14,16-17H2,1-7H3. The highest BCUT2D eigenvalue weighted by atomic mass is 32.1. The normalized spacial score (nSPS) is 18.7. The van der Waals surface area contributed by atoms with Gasteiger partial charge in [0.15, 0.2) is 14.1 Å². The maximum atomic E-state index is 13.0. The molecule has 5 rings (SSSR count). The Bertz CT molecular complexity index is 1470. The summed E-state index contributed by atoms with van der Waals surface area (Å²) in [5.41, 5.74) is 4.81. The quantitative estimate of drug-likeness (QED) is 0.269. The van der Waals surface area contributed by atoms with Crippen molar-refractivity contribution in [1.29, 1.82) is 5.26 Å². The van der Waals surface area contributed by atoms with Crippen molar-refractivity contribution in [2.24, 2.45) is 5.92 Å². The number of nitriles is 1. The zero-order chi connectivity index (χ0) is 28.8. The molecule has 3 aromatic rings. The Morgan fingerprint density at radius 3 is 2.67 bits per heavy atom. The molecule has 2 aliphatic rings. The number of aromatic nitrogens is 2. The topological polar surface area (TPSA) is 88.3 Å². The summed E-state index contributed by atoms with van der Waals surface area (Å²) in [5, 5.41) is 10.5. The predicted octanol–water partition coefficient (Wildman–Crippen LogP) is 7.00. The third-order valence-electron chi connectivity index (χ3n) is 8.51. The highest BCUT2D eigenvalue weighted by molar-refractivity contribution is 7.09. The first kappa shape index (κ1) is 28.5. The van der Waals surface area contributed by atoms with Crippen LogP contribution in [0.25, 0.3) is 22.0 Å². The van der Waals surface area contributed by atoms with Gasteiger partial charge in [0.1, 0.15) is 16.8 Å². The molecule has 2 aromatic carbocycles. The summed E-state index contributed by atoms with van der Waals surface area (Å²) in [6.07, 6.45) is 1.40. The number of carbonyl (C=O) groups is 1. The van der Waals surface area contributed by atoms with Gasteiger partial charge in [0.25, 0.3) is 0 Å². The van der Waals surface area contributed by atoms with Crippen LogP contribution in [0.1, 0.15) is 63.8 Å². The molecule has 1 amide bonds. The Kier molecular flexibility index (Phi) is 7.64. The predicted molar refractivity (Wildman–Crippen MR) is 161 cm³/mol. The minimum Gasteiger partial charge on any atom is -0.490 e. The summed E-state index contributed by atoms with van der Waals surface area (Å²) < 4.78 is 16.9. The van der Waals surface area contributed by atoms with Crippen LogP contribution in [0.5, 0.6) is 5.75 Å². The second kappa shape index (κ2) is 10.7. The van der Waals surface area contributed by atoms with Gasteiger partial charge in [0, 0.05) is 24.1 Å². The number of likely N-dealkylation sites (tertiary alicyclic amines) is 1. The molecule has 0 spiro atoms. The van der Waals surface area contributed by atoms with E-state index in [4.69, 9.17) is 18.5 Å². The summed E-state index contributed by atoms with van der Waals surface area (Å²) in [4.78, 5) is 19.9. The van der Waals surface area contributed by atoms with Crippen molar-refractivity contribution in [1.82, 2.24) is 14.3 Å². The Balaban J connectivity index is 1.38. The Morgan fingerprint density at radius 2 is 1.98 bits per heavy atom. The fourth-order valence-electron chi connectivity index (χ4n) is 5.49. The molecule has 0 saturated carbocycles. The van der Waals surface area contributed by atoms with Gasteiger partial charge in [0.05, 0.1) is 24.3 Å². The molecule has 0 bridgehead atoms. The van der Waals surface area contributed by atoms with Crippen molar-refractivity contribution < 1.29 is 14.0 Å². The van der Waals surface area contributed by atoms with Gasteiger partial charge in [-0.1, -0.05) is 39.0 Å². The lowest BCUT2D eigenvalue weighted by Gasteiger charge is -2.37. The van der Waals surface area contributed by atoms with Crippen LogP contribution in [0.3, 0.4) is 0 Å². The molecule has 0 N–H and O–H groups in total. The van der Waals surface area contributed by atoms with E-state index in [1.807, 2.05) is 36.9 Å². The molecule has 210 valence electrons. The number of benzene rings is 2. The molecule has 7 nitrogen and oxygen atoms in total. The molecular formula is C31H38N4O3SSi. The van der Waals surface area contributed by atoms with Gasteiger partial charge in [0.2, 0.25) is 5.91 Å². The molecule has 1 aliphatic heterocycles. The molecular weight excluding hydrogens is 537 g/mol. The van der Waals surface area contributed by atoms with Gasteiger partial charge in [-0.15, -0.1) is 0 Å². The number of nitrogens with zero attached hydrogens (tertiary/aromatic N) is 4. The Hall–Kier alpha value is -3.06. The van der Waals surface area contributed by atoms with E-state index >= 15 is 0 Å². The zero-order valence-corrected chi connectivity index (χ0v) is 26.3. The van der Waals surface area contributed by atoms with Gasteiger partial charge in [-0.25, -0.2) is 4.98 Å². The first-order valence-corrected chi connectivity index (χ1v) is 17.7. The molecule has 40 heavy (non-hydrogen) atoms. The van der Waals surface area contributed by atoms with E-state index in [9.17, 15) is 10.1 Å². The maximum absolute atomic E-state index is 13.0. The summed E-state index contributed by atoms with van der Waals surface area (Å²) in [6, 6.07) is 14.2. The van der Waals surface area contributed by atoms with Gasteiger partial charge in [-0.2, -0.15) is 9.64 Å². The minimum absolute atomic E-state index is 0.0123. The van der Waals surface area contributed by atoms with Crippen molar-refractivity contribution in [2.75, 3.05) is 13.2 Å². The van der Waals surface area contributed by atoms with E-state index in [0.29, 0.717) is 36.7 Å². The van der Waals surface area contributed by atoms with Gasteiger partial charge >= 0.3 is 0 Å². The number of carbonyl (C=O) groups excluding carboxylic acids is 1. The minimum atomic E-state index is -1.88. The third-order valence-corrected chi connectivity index (χ3v) is 13.8. The van der Waals surface area contributed by atoms with Crippen LogP contribution < -0.4 is 4.74 Å². The molecule has 1 saturated heterocycles. The highest BCUT2D eigenvalue weighted by Crippen LogP contribution is 2.49. The van der Waals surface area contributed by atoms with Crippen LogP contribution in [0.4, 0.5) is 0 Å². The summed E-state index contributed by atoms with van der Waals surface area (Å²) >= 11 is 1.33. The van der Waals surface area contributed by atoms with E-state index in [1.165, 1.54) is 22.7 Å². The number of rotatable bonds is 8. The van der Waals surface area contributed by atoms with Crippen molar-refractivity contribution in [3.63, 3.8) is 0 Å². The summed E-state index contributed by atoms with van der Waals surface area (Å²) in [7, 11) is -1.88. The molecule has 9 heteroatoms. The molecule has 2 heterocycles. The molecule has 2 unspecified atom stereocenters. The molecule has 2 atom stereocenters. The fourth-order valence-corrected chi connectivity index (χ4v) is 7.19. The lowest BCUT2D eigenvalue weighted by Crippen LogP contribution is -2.43. The maximum Gasteiger partial charge on any atom is 0.223 e. The van der Waals surface area contributed by atoms with Gasteiger partial charge < -0.3 is 14.1 Å². The fraction of sp³-hybridized carbons (Fsp3) is 0.484. The highest BCUT2D eigenvalue weighted by Gasteiger charge is 2.46. The number of fused-ring (bicyclic) bond motifs is 3. The number of amides is 1. The van der Waals surface area contributed by atoms with E-state index in [2.05, 4.69) is 58.1 Å². The van der Waals surface area contributed by atoms with Crippen LogP contribution in [-0.2, 0) is 15.6 Å². The van der Waals surface area contributed by atoms with Crippen LogP contribution in [0.2, 0.25) is 18.1 Å². The van der Waals surface area contributed by atoms with Crippen LogP contribution in [0, 0.1) is 17.2 Å². The van der Waals surface area contributed by atoms with Crippen molar-refractivity contribution in [2.45, 2.75) is 77.7 Å². The molecule has 1 fully saturated rings. The number of ether oxygens (including phenoxy) is 1. The van der Waals surface area contributed by atoms with E-state index < -0.39 is 8.32 Å². The van der Waals surface area contributed by atoms with Gasteiger partial charge in [-0.05, 0) is 85.2 Å². The first-order chi connectivity index (χ1) is 18.9. The Morgan fingerprint density at radius 1 is 1.20 bits per heavy atom. The van der Waals surface area contributed by atoms with E-state index in [0.717, 1.165) is 22.6 Å². The second-order valence-corrected chi connectivity index (χ2v) is 18.2. The number of hydrogen-bond donors (Lipinski definition) is 0. The second-order valence-electron chi connectivity index (χ2n) is 12.6. The van der Waals surface area contributed by atoms with Crippen LogP contribution in [-0.4, -0.2) is 47.7 Å². The smallest absolute Gasteiger partial charge is 0.223 e. The first-order valence-electron chi connectivity index (χ1n) is 14.0. The largest absolute Gasteiger partial charge is 0.490 e. The molecule has 0 radical (unpaired) electrons. The number of hydrogen-bond acceptors (Lipinski definition) is 7. The molecule has 1 aromatic heterocycles. The van der Waals surface area contributed by atoms with Crippen LogP contribution in [0.15, 0.2) is 36.4 Å². The monoisotopic (exact) mass is 574 g/mol. The average Bonchev–Trinajstić information content (AvgIpc) is 3.58. The summed E-state index contributed by atoms with van der Waals surface area (Å²) in [6.45, 7) is 16.3. The van der Waals surface area contributed by atoms with Crippen molar-refractivity contribution in [3.05, 3.63) is 53.1 Å². The molecule has 1 aliphatic carbocycles. The Labute approximate surface area is 242 Å². The lowest BCUT2D eigenvalue weighted by molar-refractivity contribution is -0.129. The average molecular weight is 575 g/mol. The van der Waals surface area contributed by atoms with Gasteiger partial charge in [-0.3, -0.25) is 4.79 Å². The van der Waals surface area contributed by atoms with E-state index in [1.54, 1.807) is 0 Å². The lowest BCUT2D eigenvalue weighted by atomic mass is 10.0. The van der Waals surface area contributed by atoms with Crippen molar-refractivity contribution in [3.8, 4) is 33.8 Å². The van der Waals surface area contributed by atoms with E-state index in [-0.39, 0.29) is 29.0 Å². The van der Waals surface area contributed by atoms with Crippen molar-refractivity contribution >= 4 is 25.8 Å². The SMILES string of the molecule is CC(C)Oc1ccc(-c2nc(-c3cccc4c3CC3CC(=O)N(CCO[Si](C)(C)C(C)(C)C)C43)ns2)cc1C#N. The summed E-state index contributed by atoms with van der Waals surface area (Å²) in [5.74, 6) is 1.75. The zero-order valence-electron chi connectivity index (χ0n) is 24.4.